The number of carbonyl (C=O) groups excluding carboxylic acids is 1. The van der Waals surface area contributed by atoms with Gasteiger partial charge in [0.05, 0.1) is 18.0 Å². The lowest BCUT2D eigenvalue weighted by Crippen LogP contribution is -2.49. The van der Waals surface area contributed by atoms with Gasteiger partial charge in [0.2, 0.25) is 0 Å². The molecule has 1 heterocycles. The van der Waals surface area contributed by atoms with Gasteiger partial charge < -0.3 is 20.3 Å². The highest BCUT2D eigenvalue weighted by Gasteiger charge is 2.23. The van der Waals surface area contributed by atoms with Gasteiger partial charge in [-0.05, 0) is 31.5 Å². The Morgan fingerprint density at radius 1 is 1.35 bits per heavy atom. The van der Waals surface area contributed by atoms with Crippen molar-refractivity contribution < 1.29 is 13.9 Å². The second-order valence-electron chi connectivity index (χ2n) is 4.83. The highest BCUT2D eigenvalue weighted by molar-refractivity contribution is 5.71. The van der Waals surface area contributed by atoms with Crippen molar-refractivity contribution >= 4 is 17.5 Å². The van der Waals surface area contributed by atoms with Gasteiger partial charge >= 0.3 is 6.09 Å². The number of piperazine rings is 1. The first-order valence-electron chi connectivity index (χ1n) is 6.75. The number of halogens is 1. The molecule has 0 aliphatic carbocycles. The van der Waals surface area contributed by atoms with Crippen molar-refractivity contribution in [3.63, 3.8) is 0 Å². The summed E-state index contributed by atoms with van der Waals surface area (Å²) in [5.74, 6) is -0.295. The lowest BCUT2D eigenvalue weighted by Gasteiger charge is -2.36. The zero-order valence-electron chi connectivity index (χ0n) is 11.9. The second-order valence-corrected chi connectivity index (χ2v) is 4.83. The Morgan fingerprint density at radius 3 is 2.60 bits per heavy atom. The maximum atomic E-state index is 13.4. The molecule has 0 unspecified atom stereocenters. The molecule has 0 spiro atoms. The van der Waals surface area contributed by atoms with Gasteiger partial charge in [-0.3, -0.25) is 0 Å². The van der Waals surface area contributed by atoms with Crippen LogP contribution in [-0.4, -0.2) is 43.8 Å². The molecule has 6 heteroatoms. The van der Waals surface area contributed by atoms with Crippen LogP contribution in [0.15, 0.2) is 12.1 Å². The van der Waals surface area contributed by atoms with Crippen LogP contribution in [0.3, 0.4) is 0 Å². The Balaban J connectivity index is 2.04. The Bertz CT molecular complexity index is 499. The van der Waals surface area contributed by atoms with E-state index in [0.717, 1.165) is 5.69 Å². The number of nitrogens with zero attached hydrogens (tertiary/aromatic N) is 2. The molecule has 1 aromatic carbocycles. The molecule has 2 rings (SSSR count). The molecule has 0 radical (unpaired) electrons. The minimum Gasteiger partial charge on any atom is -0.450 e. The van der Waals surface area contributed by atoms with E-state index in [2.05, 4.69) is 4.90 Å². The van der Waals surface area contributed by atoms with Gasteiger partial charge in [0, 0.05) is 26.2 Å². The van der Waals surface area contributed by atoms with E-state index in [0.29, 0.717) is 44.0 Å². The topological polar surface area (TPSA) is 58.8 Å². The summed E-state index contributed by atoms with van der Waals surface area (Å²) in [5, 5.41) is 0. The van der Waals surface area contributed by atoms with E-state index >= 15 is 0 Å². The lowest BCUT2D eigenvalue weighted by molar-refractivity contribution is 0.105. The molecule has 0 atom stereocenters. The summed E-state index contributed by atoms with van der Waals surface area (Å²) < 4.78 is 18.4. The Labute approximate surface area is 118 Å². The number of carbonyl (C=O) groups is 1. The van der Waals surface area contributed by atoms with Gasteiger partial charge in [0.1, 0.15) is 5.82 Å². The number of rotatable bonds is 2. The van der Waals surface area contributed by atoms with Crippen LogP contribution in [0.5, 0.6) is 0 Å². The lowest BCUT2D eigenvalue weighted by atomic mass is 10.1. The van der Waals surface area contributed by atoms with Crippen LogP contribution in [-0.2, 0) is 4.74 Å². The predicted octanol–water partition coefficient (Wildman–Crippen LogP) is 1.99. The summed E-state index contributed by atoms with van der Waals surface area (Å²) in [6, 6.07) is 3.10. The number of anilines is 2. The van der Waals surface area contributed by atoms with Crippen LogP contribution in [0.4, 0.5) is 20.6 Å². The molecule has 1 fully saturated rings. The van der Waals surface area contributed by atoms with Crippen molar-refractivity contribution in [1.29, 1.82) is 0 Å². The molecule has 1 aliphatic rings. The Morgan fingerprint density at radius 2 is 2.00 bits per heavy atom. The fourth-order valence-electron chi connectivity index (χ4n) is 2.30. The number of amides is 1. The highest BCUT2D eigenvalue weighted by Crippen LogP contribution is 2.27. The van der Waals surface area contributed by atoms with Crippen LogP contribution in [0, 0.1) is 12.7 Å². The number of nitrogens with two attached hydrogens (primary N) is 1. The molecule has 2 N–H and O–H groups in total. The van der Waals surface area contributed by atoms with E-state index in [1.54, 1.807) is 24.8 Å². The zero-order chi connectivity index (χ0) is 14.7. The van der Waals surface area contributed by atoms with Gasteiger partial charge in [0.15, 0.2) is 0 Å². The summed E-state index contributed by atoms with van der Waals surface area (Å²) in [6.45, 7) is 6.36. The van der Waals surface area contributed by atoms with Crippen LogP contribution < -0.4 is 10.6 Å². The number of hydrogen-bond acceptors (Lipinski definition) is 4. The number of ether oxygens (including phenoxy) is 1. The van der Waals surface area contributed by atoms with Gasteiger partial charge in [0.25, 0.3) is 0 Å². The van der Waals surface area contributed by atoms with E-state index < -0.39 is 0 Å². The zero-order valence-corrected chi connectivity index (χ0v) is 11.9. The first-order valence-corrected chi connectivity index (χ1v) is 6.75. The van der Waals surface area contributed by atoms with Crippen molar-refractivity contribution in [3.05, 3.63) is 23.5 Å². The van der Waals surface area contributed by atoms with E-state index in [-0.39, 0.29) is 11.9 Å². The van der Waals surface area contributed by atoms with Gasteiger partial charge in [-0.25, -0.2) is 9.18 Å². The monoisotopic (exact) mass is 281 g/mol. The third-order valence-electron chi connectivity index (χ3n) is 3.45. The molecule has 20 heavy (non-hydrogen) atoms. The maximum absolute atomic E-state index is 13.4. The number of benzene rings is 1. The average Bonchev–Trinajstić information content (AvgIpc) is 2.43. The van der Waals surface area contributed by atoms with E-state index in [1.165, 1.54) is 6.07 Å². The van der Waals surface area contributed by atoms with Crippen molar-refractivity contribution in [1.82, 2.24) is 4.90 Å². The first-order chi connectivity index (χ1) is 9.52. The minimum absolute atomic E-state index is 0.282. The Kier molecular flexibility index (Phi) is 4.32. The van der Waals surface area contributed by atoms with Crippen molar-refractivity contribution in [2.45, 2.75) is 13.8 Å². The molecule has 5 nitrogen and oxygen atoms in total. The SMILES string of the molecule is CCOC(=O)N1CCN(c2cc(C)c(F)cc2N)CC1. The van der Waals surface area contributed by atoms with E-state index in [1.807, 2.05) is 0 Å². The van der Waals surface area contributed by atoms with Gasteiger partial charge in [-0.2, -0.15) is 0 Å². The summed E-state index contributed by atoms with van der Waals surface area (Å²) >= 11 is 0. The van der Waals surface area contributed by atoms with Crippen molar-refractivity contribution in [2.75, 3.05) is 43.4 Å². The summed E-state index contributed by atoms with van der Waals surface area (Å²) in [7, 11) is 0. The van der Waals surface area contributed by atoms with Crippen LogP contribution in [0.2, 0.25) is 0 Å². The molecule has 0 bridgehead atoms. The number of nitrogen functional groups attached to an aromatic ring is 1. The largest absolute Gasteiger partial charge is 0.450 e. The number of aryl methyl sites for hydroxylation is 1. The van der Waals surface area contributed by atoms with E-state index in [9.17, 15) is 9.18 Å². The highest BCUT2D eigenvalue weighted by atomic mass is 19.1. The Hall–Kier alpha value is -1.98. The summed E-state index contributed by atoms with van der Waals surface area (Å²) in [6.07, 6.45) is -0.282. The summed E-state index contributed by atoms with van der Waals surface area (Å²) in [4.78, 5) is 15.4. The molecule has 1 aliphatic heterocycles. The van der Waals surface area contributed by atoms with Gasteiger partial charge in [-0.15, -0.1) is 0 Å². The maximum Gasteiger partial charge on any atom is 0.409 e. The fourth-order valence-corrected chi connectivity index (χ4v) is 2.30. The molecular weight excluding hydrogens is 261 g/mol. The molecular formula is C14H20FN3O2. The molecule has 0 aromatic heterocycles. The van der Waals surface area contributed by atoms with Crippen LogP contribution >= 0.6 is 0 Å². The van der Waals surface area contributed by atoms with Crippen molar-refractivity contribution in [2.24, 2.45) is 0 Å². The molecule has 110 valence electrons. The molecule has 1 saturated heterocycles. The van der Waals surface area contributed by atoms with E-state index in [4.69, 9.17) is 10.5 Å². The van der Waals surface area contributed by atoms with Crippen molar-refractivity contribution in [3.8, 4) is 0 Å². The quantitative estimate of drug-likeness (QED) is 0.842. The van der Waals surface area contributed by atoms with Crippen LogP contribution in [0.25, 0.3) is 0 Å². The van der Waals surface area contributed by atoms with Crippen LogP contribution in [0.1, 0.15) is 12.5 Å². The minimum atomic E-state index is -0.295. The third-order valence-corrected chi connectivity index (χ3v) is 3.45. The smallest absolute Gasteiger partial charge is 0.409 e. The molecule has 1 aromatic rings. The van der Waals surface area contributed by atoms with Gasteiger partial charge in [-0.1, -0.05) is 0 Å². The molecule has 0 saturated carbocycles. The second kappa shape index (κ2) is 5.98. The standard InChI is InChI=1S/C14H20FN3O2/c1-3-20-14(19)18-6-4-17(5-7-18)13-8-10(2)11(15)9-12(13)16/h8-9H,3-7,16H2,1-2H3. The predicted molar refractivity (Wildman–Crippen MR) is 76.4 cm³/mol. The number of hydrogen-bond donors (Lipinski definition) is 1. The average molecular weight is 281 g/mol. The fraction of sp³-hybridized carbons (Fsp3) is 0.500. The summed E-state index contributed by atoms with van der Waals surface area (Å²) in [5.41, 5.74) is 7.70. The normalized spacial score (nSPS) is 15.3. The molecule has 1 amide bonds. The third kappa shape index (κ3) is 2.95. The first kappa shape index (κ1) is 14.4.